The molecule has 146 valence electrons. The van der Waals surface area contributed by atoms with Crippen LogP contribution < -0.4 is 15.5 Å². The Morgan fingerprint density at radius 2 is 2.08 bits per heavy atom. The van der Waals surface area contributed by atoms with Gasteiger partial charge in [0.25, 0.3) is 0 Å². The highest BCUT2D eigenvalue weighted by atomic mass is 35.5. The number of carbonyl (C=O) groups excluding carboxylic acids is 1. The average molecular weight is 385 g/mol. The summed E-state index contributed by atoms with van der Waals surface area (Å²) in [5, 5.41) is 6.27. The van der Waals surface area contributed by atoms with Gasteiger partial charge in [-0.15, -0.1) is 12.4 Å². The normalized spacial score (nSPS) is 22.0. The SMILES string of the molecule is CCN1CCN(c2ccc(F)cc2C(C)NC(=O)[C@@H]2CCCN2)CC1.Cl. The molecule has 0 saturated carbocycles. The fraction of sp³-hybridized carbons (Fsp3) is 0.632. The van der Waals surface area contributed by atoms with Crippen LogP contribution in [-0.4, -0.2) is 56.1 Å². The molecule has 2 aliphatic rings. The number of hydrogen-bond acceptors (Lipinski definition) is 4. The van der Waals surface area contributed by atoms with E-state index in [4.69, 9.17) is 0 Å². The van der Waals surface area contributed by atoms with Crippen LogP contribution in [0.2, 0.25) is 0 Å². The van der Waals surface area contributed by atoms with Crippen LogP contribution >= 0.6 is 12.4 Å². The van der Waals surface area contributed by atoms with E-state index in [9.17, 15) is 9.18 Å². The summed E-state index contributed by atoms with van der Waals surface area (Å²) in [6, 6.07) is 4.59. The van der Waals surface area contributed by atoms with Crippen molar-refractivity contribution in [2.24, 2.45) is 0 Å². The van der Waals surface area contributed by atoms with Crippen molar-refractivity contribution in [3.05, 3.63) is 29.6 Å². The van der Waals surface area contributed by atoms with Crippen molar-refractivity contribution in [1.82, 2.24) is 15.5 Å². The first-order chi connectivity index (χ1) is 12.1. The summed E-state index contributed by atoms with van der Waals surface area (Å²) < 4.78 is 13.9. The van der Waals surface area contributed by atoms with E-state index in [1.807, 2.05) is 13.0 Å². The molecule has 1 amide bonds. The molecular formula is C19H30ClFN4O. The van der Waals surface area contributed by atoms with Gasteiger partial charge in [-0.2, -0.15) is 0 Å². The summed E-state index contributed by atoms with van der Waals surface area (Å²) in [6.45, 7) is 9.94. The third-order valence-corrected chi connectivity index (χ3v) is 5.35. The van der Waals surface area contributed by atoms with Crippen molar-refractivity contribution in [2.45, 2.75) is 38.8 Å². The zero-order chi connectivity index (χ0) is 17.8. The van der Waals surface area contributed by atoms with E-state index in [1.54, 1.807) is 6.07 Å². The number of anilines is 1. The standard InChI is InChI=1S/C19H29FN4O.ClH/c1-3-23-9-11-24(12-10-23)18-7-6-15(20)13-16(18)14(2)22-19(25)17-5-4-8-21-17;/h6-7,13-14,17,21H,3-5,8-12H2,1-2H3,(H,22,25);1H/t14?,17-;/m0./s1. The zero-order valence-electron chi connectivity index (χ0n) is 15.6. The molecule has 2 aliphatic heterocycles. The Labute approximate surface area is 161 Å². The molecule has 0 aliphatic carbocycles. The number of likely N-dealkylation sites (N-methyl/N-ethyl adjacent to an activating group) is 1. The molecule has 0 aromatic heterocycles. The molecule has 1 aromatic carbocycles. The van der Waals surface area contributed by atoms with Gasteiger partial charge in [-0.05, 0) is 51.1 Å². The molecule has 0 spiro atoms. The summed E-state index contributed by atoms with van der Waals surface area (Å²) in [6.07, 6.45) is 1.90. The van der Waals surface area contributed by atoms with Gasteiger partial charge < -0.3 is 20.4 Å². The number of nitrogens with one attached hydrogen (secondary N) is 2. The van der Waals surface area contributed by atoms with E-state index >= 15 is 0 Å². The fourth-order valence-corrected chi connectivity index (χ4v) is 3.77. The largest absolute Gasteiger partial charge is 0.369 e. The molecule has 2 fully saturated rings. The Bertz CT molecular complexity index is 601. The average Bonchev–Trinajstić information content (AvgIpc) is 3.16. The van der Waals surface area contributed by atoms with Crippen LogP contribution in [-0.2, 0) is 4.79 Å². The first kappa shape index (κ1) is 20.9. The predicted octanol–water partition coefficient (Wildman–Crippen LogP) is 2.32. The summed E-state index contributed by atoms with van der Waals surface area (Å²) in [4.78, 5) is 17.1. The highest BCUT2D eigenvalue weighted by molar-refractivity contribution is 5.85. The molecule has 26 heavy (non-hydrogen) atoms. The van der Waals surface area contributed by atoms with Crippen LogP contribution in [0, 0.1) is 5.82 Å². The Balaban J connectivity index is 0.00000243. The number of piperazine rings is 1. The molecule has 2 N–H and O–H groups in total. The van der Waals surface area contributed by atoms with Crippen LogP contribution in [0.25, 0.3) is 0 Å². The van der Waals surface area contributed by atoms with Crippen molar-refractivity contribution in [3.63, 3.8) is 0 Å². The van der Waals surface area contributed by atoms with Crippen LogP contribution in [0.5, 0.6) is 0 Å². The lowest BCUT2D eigenvalue weighted by Crippen LogP contribution is -2.47. The van der Waals surface area contributed by atoms with E-state index in [-0.39, 0.29) is 36.2 Å². The van der Waals surface area contributed by atoms with Crippen molar-refractivity contribution >= 4 is 24.0 Å². The lowest BCUT2D eigenvalue weighted by Gasteiger charge is -2.37. The summed E-state index contributed by atoms with van der Waals surface area (Å²) in [5.41, 5.74) is 1.89. The summed E-state index contributed by atoms with van der Waals surface area (Å²) in [7, 11) is 0. The summed E-state index contributed by atoms with van der Waals surface area (Å²) in [5.74, 6) is -0.248. The van der Waals surface area contributed by atoms with Crippen LogP contribution in [0.15, 0.2) is 18.2 Å². The van der Waals surface area contributed by atoms with Crippen molar-refractivity contribution in [3.8, 4) is 0 Å². The molecule has 0 radical (unpaired) electrons. The van der Waals surface area contributed by atoms with Gasteiger partial charge in [0.15, 0.2) is 0 Å². The Morgan fingerprint density at radius 1 is 1.35 bits per heavy atom. The number of carbonyl (C=O) groups is 1. The molecule has 2 heterocycles. The fourth-order valence-electron chi connectivity index (χ4n) is 3.77. The highest BCUT2D eigenvalue weighted by Crippen LogP contribution is 2.28. The van der Waals surface area contributed by atoms with Crippen LogP contribution in [0.4, 0.5) is 10.1 Å². The number of benzene rings is 1. The molecule has 7 heteroatoms. The van der Waals surface area contributed by atoms with Crippen molar-refractivity contribution < 1.29 is 9.18 Å². The van der Waals surface area contributed by atoms with Gasteiger partial charge in [0.2, 0.25) is 5.91 Å². The van der Waals surface area contributed by atoms with Crippen LogP contribution in [0.3, 0.4) is 0 Å². The third-order valence-electron chi connectivity index (χ3n) is 5.35. The maximum absolute atomic E-state index is 13.9. The maximum Gasteiger partial charge on any atom is 0.237 e. The Hall–Kier alpha value is -1.37. The van der Waals surface area contributed by atoms with Gasteiger partial charge in [-0.1, -0.05) is 6.92 Å². The van der Waals surface area contributed by atoms with Gasteiger partial charge in [0, 0.05) is 37.4 Å². The first-order valence-electron chi connectivity index (χ1n) is 9.39. The molecule has 1 aromatic rings. The Kier molecular flexibility index (Phi) is 7.68. The lowest BCUT2D eigenvalue weighted by atomic mass is 10.0. The van der Waals surface area contributed by atoms with Gasteiger partial charge in [-0.3, -0.25) is 4.79 Å². The minimum atomic E-state index is -0.258. The number of halogens is 2. The highest BCUT2D eigenvalue weighted by Gasteiger charge is 2.26. The van der Waals surface area contributed by atoms with Gasteiger partial charge in [0.05, 0.1) is 12.1 Å². The smallest absolute Gasteiger partial charge is 0.237 e. The van der Waals surface area contributed by atoms with Crippen molar-refractivity contribution in [1.29, 1.82) is 0 Å². The van der Waals surface area contributed by atoms with E-state index < -0.39 is 0 Å². The molecule has 2 saturated heterocycles. The summed E-state index contributed by atoms with van der Waals surface area (Å²) >= 11 is 0. The minimum absolute atomic E-state index is 0. The minimum Gasteiger partial charge on any atom is -0.369 e. The van der Waals surface area contributed by atoms with Gasteiger partial charge >= 0.3 is 0 Å². The van der Waals surface area contributed by atoms with E-state index in [2.05, 4.69) is 27.4 Å². The molecule has 1 unspecified atom stereocenters. The second kappa shape index (κ2) is 9.53. The topological polar surface area (TPSA) is 47.6 Å². The van der Waals surface area contributed by atoms with Crippen molar-refractivity contribution in [2.75, 3.05) is 44.2 Å². The molecule has 5 nitrogen and oxygen atoms in total. The van der Waals surface area contributed by atoms with E-state index in [0.717, 1.165) is 63.4 Å². The molecule has 2 atom stereocenters. The number of rotatable bonds is 5. The Morgan fingerprint density at radius 3 is 2.69 bits per heavy atom. The maximum atomic E-state index is 13.9. The van der Waals surface area contributed by atoms with E-state index in [1.165, 1.54) is 6.07 Å². The second-order valence-corrected chi connectivity index (χ2v) is 7.00. The monoisotopic (exact) mass is 384 g/mol. The number of amides is 1. The second-order valence-electron chi connectivity index (χ2n) is 7.00. The number of hydrogen-bond donors (Lipinski definition) is 2. The molecular weight excluding hydrogens is 355 g/mol. The van der Waals surface area contributed by atoms with Crippen LogP contribution in [0.1, 0.15) is 38.3 Å². The predicted molar refractivity (Wildman–Crippen MR) is 106 cm³/mol. The zero-order valence-corrected chi connectivity index (χ0v) is 16.4. The van der Waals surface area contributed by atoms with E-state index in [0.29, 0.717) is 0 Å². The van der Waals surface area contributed by atoms with Gasteiger partial charge in [-0.25, -0.2) is 4.39 Å². The first-order valence-corrected chi connectivity index (χ1v) is 9.39. The third kappa shape index (κ3) is 4.87. The molecule has 3 rings (SSSR count). The lowest BCUT2D eigenvalue weighted by molar-refractivity contribution is -0.123. The van der Waals surface area contributed by atoms with Gasteiger partial charge in [0.1, 0.15) is 5.82 Å². The number of nitrogens with zero attached hydrogens (tertiary/aromatic N) is 2. The quantitative estimate of drug-likeness (QED) is 0.818. The molecule has 0 bridgehead atoms.